The first kappa shape index (κ1) is 24.6. The highest BCUT2D eigenvalue weighted by Crippen LogP contribution is 2.39. The molecule has 0 unspecified atom stereocenters. The van der Waals surface area contributed by atoms with Crippen molar-refractivity contribution in [1.29, 1.82) is 0 Å². The fourth-order valence-corrected chi connectivity index (χ4v) is 4.17. The minimum absolute atomic E-state index is 0.215. The van der Waals surface area contributed by atoms with Crippen LogP contribution in [0.3, 0.4) is 0 Å². The Kier molecular flexibility index (Phi) is 7.53. The smallest absolute Gasteiger partial charge is 0.445 e. The summed E-state index contributed by atoms with van der Waals surface area (Å²) in [6.45, 7) is 12.7. The molecule has 170 valence electrons. The van der Waals surface area contributed by atoms with Crippen LogP contribution in [0.5, 0.6) is 0 Å². The maximum Gasteiger partial charge on any atom is 0.492 e. The highest BCUT2D eigenvalue weighted by atomic mass is 79.9. The van der Waals surface area contributed by atoms with Gasteiger partial charge in [-0.25, -0.2) is 4.79 Å². The monoisotopic (exact) mass is 499 g/mol. The van der Waals surface area contributed by atoms with Crippen LogP contribution < -0.4 is 5.32 Å². The van der Waals surface area contributed by atoms with Crippen molar-refractivity contribution >= 4 is 35.2 Å². The van der Waals surface area contributed by atoms with E-state index in [2.05, 4.69) is 53.3 Å². The molecule has 1 saturated heterocycles. The summed E-state index contributed by atoms with van der Waals surface area (Å²) in [4.78, 5) is 12.4. The van der Waals surface area contributed by atoms with Crippen LogP contribution in [-0.2, 0) is 20.7 Å². The Morgan fingerprint density at radius 1 is 1.06 bits per heavy atom. The number of hydrogen-bond donors (Lipinski definition) is 1. The van der Waals surface area contributed by atoms with E-state index in [-0.39, 0.29) is 13.2 Å². The molecule has 1 aliphatic rings. The third-order valence-corrected chi connectivity index (χ3v) is 6.55. The summed E-state index contributed by atoms with van der Waals surface area (Å²) < 4.78 is 18.9. The molecule has 1 amide bonds. The lowest BCUT2D eigenvalue weighted by Gasteiger charge is -2.32. The van der Waals surface area contributed by atoms with Crippen molar-refractivity contribution in [2.45, 2.75) is 59.4 Å². The van der Waals surface area contributed by atoms with Crippen molar-refractivity contribution in [3.05, 3.63) is 74.7 Å². The molecule has 1 fully saturated rings. The molecule has 0 aliphatic carbocycles. The molecule has 7 heteroatoms. The van der Waals surface area contributed by atoms with E-state index in [0.29, 0.717) is 0 Å². The summed E-state index contributed by atoms with van der Waals surface area (Å²) in [6, 6.07) is 13.7. The van der Waals surface area contributed by atoms with E-state index in [1.165, 1.54) is 0 Å². The Balaban J connectivity index is 1.79. The van der Waals surface area contributed by atoms with Gasteiger partial charge in [-0.15, -0.1) is 0 Å². The van der Waals surface area contributed by atoms with Gasteiger partial charge in [-0.3, -0.25) is 0 Å². The number of amides is 1. The number of carbonyl (C=O) groups excluding carboxylic acids is 1. The van der Waals surface area contributed by atoms with Crippen LogP contribution in [0.15, 0.2) is 52.4 Å². The average Bonchev–Trinajstić information content (AvgIpc) is 2.93. The lowest BCUT2D eigenvalue weighted by atomic mass is 9.76. The second-order valence-electron chi connectivity index (χ2n) is 9.18. The fraction of sp³-hybridized carbons (Fsp3) is 0.400. The number of benzene rings is 2. The lowest BCUT2D eigenvalue weighted by molar-refractivity contribution is 0.00578. The SMILES string of the molecule is Cc1cc(Br)cc(C)c1C=C(CNC(=O)OCc1ccccc1)B1OC(C)(C)C(C)(C)O1. The van der Waals surface area contributed by atoms with E-state index in [4.69, 9.17) is 14.0 Å². The first-order valence-corrected chi connectivity index (χ1v) is 11.6. The predicted molar refractivity (Wildman–Crippen MR) is 132 cm³/mol. The molecule has 32 heavy (non-hydrogen) atoms. The number of hydrogen-bond acceptors (Lipinski definition) is 4. The molecule has 0 aromatic heterocycles. The summed E-state index contributed by atoms with van der Waals surface area (Å²) in [5, 5.41) is 2.86. The van der Waals surface area contributed by atoms with Crippen LogP contribution in [-0.4, -0.2) is 31.0 Å². The van der Waals surface area contributed by atoms with E-state index < -0.39 is 24.4 Å². The number of alkyl carbamates (subject to hydrolysis) is 1. The van der Waals surface area contributed by atoms with Gasteiger partial charge in [0.25, 0.3) is 0 Å². The summed E-state index contributed by atoms with van der Waals surface area (Å²) in [6.07, 6.45) is 1.57. The van der Waals surface area contributed by atoms with Crippen molar-refractivity contribution in [3.63, 3.8) is 0 Å². The van der Waals surface area contributed by atoms with E-state index in [1.807, 2.05) is 58.0 Å². The number of carbonyl (C=O) groups is 1. The van der Waals surface area contributed by atoms with Gasteiger partial charge in [0.15, 0.2) is 0 Å². The number of nitrogens with one attached hydrogen (secondary N) is 1. The van der Waals surface area contributed by atoms with Crippen LogP contribution in [0, 0.1) is 13.8 Å². The molecular formula is C25H31BBrNO4. The minimum Gasteiger partial charge on any atom is -0.445 e. The second kappa shape index (κ2) is 9.81. The highest BCUT2D eigenvalue weighted by molar-refractivity contribution is 9.10. The molecule has 1 aliphatic heterocycles. The van der Waals surface area contributed by atoms with E-state index in [9.17, 15) is 4.79 Å². The normalized spacial score (nSPS) is 17.3. The summed E-state index contributed by atoms with van der Waals surface area (Å²) >= 11 is 3.55. The molecule has 0 atom stereocenters. The molecule has 0 saturated carbocycles. The lowest BCUT2D eigenvalue weighted by Crippen LogP contribution is -2.41. The molecular weight excluding hydrogens is 469 g/mol. The van der Waals surface area contributed by atoms with Crippen LogP contribution in [0.25, 0.3) is 6.08 Å². The van der Waals surface area contributed by atoms with Gasteiger partial charge in [-0.1, -0.05) is 52.3 Å². The largest absolute Gasteiger partial charge is 0.492 e. The Morgan fingerprint density at radius 3 is 2.19 bits per heavy atom. The Morgan fingerprint density at radius 2 is 1.62 bits per heavy atom. The van der Waals surface area contributed by atoms with Crippen molar-refractivity contribution in [2.75, 3.05) is 6.54 Å². The van der Waals surface area contributed by atoms with E-state index in [0.717, 1.165) is 32.2 Å². The van der Waals surface area contributed by atoms with Gasteiger partial charge in [0.2, 0.25) is 0 Å². The van der Waals surface area contributed by atoms with Gasteiger partial charge < -0.3 is 19.4 Å². The van der Waals surface area contributed by atoms with E-state index in [1.54, 1.807) is 0 Å². The van der Waals surface area contributed by atoms with Crippen molar-refractivity contribution < 1.29 is 18.8 Å². The molecule has 0 spiro atoms. The van der Waals surface area contributed by atoms with Crippen LogP contribution in [0.1, 0.15) is 49.9 Å². The van der Waals surface area contributed by atoms with Gasteiger partial charge >= 0.3 is 13.2 Å². The van der Waals surface area contributed by atoms with E-state index >= 15 is 0 Å². The van der Waals surface area contributed by atoms with Crippen LogP contribution in [0.2, 0.25) is 0 Å². The molecule has 0 radical (unpaired) electrons. The first-order valence-electron chi connectivity index (χ1n) is 10.8. The van der Waals surface area contributed by atoms with Crippen LogP contribution >= 0.6 is 15.9 Å². The van der Waals surface area contributed by atoms with Crippen molar-refractivity contribution in [2.24, 2.45) is 0 Å². The molecule has 1 heterocycles. The fourth-order valence-electron chi connectivity index (χ4n) is 3.48. The van der Waals surface area contributed by atoms with Gasteiger partial charge in [0, 0.05) is 11.0 Å². The highest BCUT2D eigenvalue weighted by Gasteiger charge is 2.52. The quantitative estimate of drug-likeness (QED) is 0.494. The minimum atomic E-state index is -0.572. The summed E-state index contributed by atoms with van der Waals surface area (Å²) in [5.41, 5.74) is 4.13. The number of ether oxygens (including phenoxy) is 1. The molecule has 3 rings (SSSR count). The summed E-state index contributed by atoms with van der Waals surface area (Å²) in [5.74, 6) is 0. The van der Waals surface area contributed by atoms with Gasteiger partial charge in [0.1, 0.15) is 6.61 Å². The summed E-state index contributed by atoms with van der Waals surface area (Å²) in [7, 11) is -0.572. The van der Waals surface area contributed by atoms with Crippen LogP contribution in [0.4, 0.5) is 4.79 Å². The van der Waals surface area contributed by atoms with Gasteiger partial charge in [0.05, 0.1) is 11.2 Å². The third kappa shape index (κ3) is 5.83. The average molecular weight is 500 g/mol. The molecule has 1 N–H and O–H groups in total. The zero-order chi connectivity index (χ0) is 23.5. The standard InChI is InChI=1S/C25H31BBrNO4/c1-17-12-21(27)13-18(2)22(17)14-20(26-31-24(3,4)25(5,6)32-26)15-28-23(29)30-16-19-10-8-7-9-11-19/h7-14H,15-16H2,1-6H3,(H,28,29). The van der Waals surface area contributed by atoms with Crippen molar-refractivity contribution in [1.82, 2.24) is 5.32 Å². The van der Waals surface area contributed by atoms with Gasteiger partial charge in [-0.2, -0.15) is 0 Å². The molecule has 5 nitrogen and oxygen atoms in total. The zero-order valence-corrected chi connectivity index (χ0v) is 21.2. The number of halogens is 1. The zero-order valence-electron chi connectivity index (χ0n) is 19.6. The maximum atomic E-state index is 12.4. The maximum absolute atomic E-state index is 12.4. The third-order valence-electron chi connectivity index (χ3n) is 6.09. The second-order valence-corrected chi connectivity index (χ2v) is 10.1. The number of rotatable bonds is 6. The Bertz CT molecular complexity index is 965. The van der Waals surface area contributed by atoms with Crippen molar-refractivity contribution in [3.8, 4) is 0 Å². The topological polar surface area (TPSA) is 56.8 Å². The molecule has 2 aromatic rings. The predicted octanol–water partition coefficient (Wildman–Crippen LogP) is 6.01. The Hall–Kier alpha value is -2.09. The molecule has 2 aromatic carbocycles. The Labute approximate surface area is 199 Å². The number of aryl methyl sites for hydroxylation is 2. The first-order chi connectivity index (χ1) is 15.0. The van der Waals surface area contributed by atoms with Gasteiger partial charge in [-0.05, 0) is 81.4 Å². The molecule has 0 bridgehead atoms.